The molecular formula is C15H22N2. The third-order valence-electron chi connectivity index (χ3n) is 2.68. The van der Waals surface area contributed by atoms with Crippen LogP contribution in [0, 0.1) is 16.7 Å². The average Bonchev–Trinajstić information content (AvgIpc) is 2.48. The van der Waals surface area contributed by atoms with Gasteiger partial charge < -0.3 is 5.32 Å². The highest BCUT2D eigenvalue weighted by molar-refractivity contribution is 5.39. The number of rotatable bonds is 4. The smallest absolute Gasteiger partial charge is 0.0991 e. The summed E-state index contributed by atoms with van der Waals surface area (Å²) in [5.74, 6) is 0. The van der Waals surface area contributed by atoms with E-state index in [0.717, 1.165) is 18.5 Å². The fraction of sp³-hybridized carbons (Fsp3) is 0.533. The summed E-state index contributed by atoms with van der Waals surface area (Å²) in [6.45, 7) is 7.81. The third kappa shape index (κ3) is 5.97. The zero-order valence-electron chi connectivity index (χ0n) is 11.1. The van der Waals surface area contributed by atoms with Crippen molar-refractivity contribution >= 4 is 0 Å². The first-order valence-corrected chi connectivity index (χ1v) is 6.23. The van der Waals surface area contributed by atoms with Crippen LogP contribution in [0.25, 0.3) is 0 Å². The Balaban J connectivity index is 2.34. The highest BCUT2D eigenvalue weighted by atomic mass is 14.9. The Kier molecular flexibility index (Phi) is 5.03. The van der Waals surface area contributed by atoms with Crippen LogP contribution in [0.1, 0.15) is 40.0 Å². The largest absolute Gasteiger partial charge is 0.388 e. The van der Waals surface area contributed by atoms with Gasteiger partial charge in [0.1, 0.15) is 0 Å². The van der Waals surface area contributed by atoms with Crippen molar-refractivity contribution < 1.29 is 0 Å². The Bertz CT molecular complexity index is 373. The van der Waals surface area contributed by atoms with Crippen LogP contribution in [0.3, 0.4) is 0 Å². The summed E-state index contributed by atoms with van der Waals surface area (Å²) in [7, 11) is 0. The molecule has 0 aliphatic heterocycles. The zero-order valence-corrected chi connectivity index (χ0v) is 11.1. The summed E-state index contributed by atoms with van der Waals surface area (Å²) >= 11 is 0. The van der Waals surface area contributed by atoms with Gasteiger partial charge in [0, 0.05) is 18.7 Å². The van der Waals surface area contributed by atoms with Gasteiger partial charge in [0.05, 0.1) is 11.6 Å². The van der Waals surface area contributed by atoms with Gasteiger partial charge in [0.2, 0.25) is 0 Å². The lowest BCUT2D eigenvalue weighted by Gasteiger charge is -2.18. The van der Waals surface area contributed by atoms with Gasteiger partial charge in [-0.05, 0) is 36.5 Å². The standard InChI is InChI=1S/C15H22N2/c1-15(2,3)10-5-11-17-14-7-4-6-13(12-16)8-9-14/h4,6,8-9,17H,5,7,10-11H2,1-3H3. The number of hydrogen-bond donors (Lipinski definition) is 1. The van der Waals surface area contributed by atoms with Crippen molar-refractivity contribution in [2.75, 3.05) is 6.54 Å². The summed E-state index contributed by atoms with van der Waals surface area (Å²) in [6, 6.07) is 2.15. The molecule has 0 heterocycles. The van der Waals surface area contributed by atoms with E-state index in [2.05, 4.69) is 32.2 Å². The molecule has 0 aromatic carbocycles. The Morgan fingerprint density at radius 1 is 1.35 bits per heavy atom. The quantitative estimate of drug-likeness (QED) is 0.747. The van der Waals surface area contributed by atoms with Crippen LogP contribution in [0.15, 0.2) is 35.6 Å². The van der Waals surface area contributed by atoms with Crippen molar-refractivity contribution in [2.45, 2.75) is 40.0 Å². The van der Waals surface area contributed by atoms with Crippen LogP contribution >= 0.6 is 0 Å². The average molecular weight is 230 g/mol. The van der Waals surface area contributed by atoms with E-state index in [4.69, 9.17) is 5.26 Å². The Morgan fingerprint density at radius 3 is 2.76 bits per heavy atom. The number of nitriles is 1. The second-order valence-electron chi connectivity index (χ2n) is 5.62. The van der Waals surface area contributed by atoms with E-state index in [-0.39, 0.29) is 0 Å². The molecule has 0 fully saturated rings. The molecule has 0 amide bonds. The minimum absolute atomic E-state index is 0.410. The van der Waals surface area contributed by atoms with Crippen molar-refractivity contribution in [1.29, 1.82) is 5.26 Å². The number of hydrogen-bond acceptors (Lipinski definition) is 2. The summed E-state index contributed by atoms with van der Waals surface area (Å²) in [6.07, 6.45) is 11.1. The van der Waals surface area contributed by atoms with Crippen LogP contribution < -0.4 is 5.32 Å². The molecule has 0 aromatic rings. The minimum atomic E-state index is 0.410. The summed E-state index contributed by atoms with van der Waals surface area (Å²) in [5.41, 5.74) is 2.32. The maximum absolute atomic E-state index is 8.79. The molecule has 0 saturated heterocycles. The lowest BCUT2D eigenvalue weighted by molar-refractivity contribution is 0.363. The summed E-state index contributed by atoms with van der Waals surface area (Å²) < 4.78 is 0. The molecule has 2 heteroatoms. The van der Waals surface area contributed by atoms with Gasteiger partial charge in [-0.25, -0.2) is 0 Å². The van der Waals surface area contributed by atoms with Gasteiger partial charge in [-0.15, -0.1) is 0 Å². The Morgan fingerprint density at radius 2 is 2.12 bits per heavy atom. The van der Waals surface area contributed by atoms with E-state index in [1.54, 1.807) is 0 Å². The second kappa shape index (κ2) is 6.30. The molecule has 0 radical (unpaired) electrons. The number of nitrogens with zero attached hydrogens (tertiary/aromatic N) is 1. The monoisotopic (exact) mass is 230 g/mol. The molecule has 1 N–H and O–H groups in total. The second-order valence-corrected chi connectivity index (χ2v) is 5.62. The van der Waals surface area contributed by atoms with Gasteiger partial charge in [0.25, 0.3) is 0 Å². The molecule has 0 bridgehead atoms. The first-order chi connectivity index (χ1) is 8.01. The maximum Gasteiger partial charge on any atom is 0.0991 e. The van der Waals surface area contributed by atoms with E-state index in [1.165, 1.54) is 18.5 Å². The molecule has 0 saturated carbocycles. The predicted molar refractivity (Wildman–Crippen MR) is 72.2 cm³/mol. The van der Waals surface area contributed by atoms with Crippen LogP contribution in [0.4, 0.5) is 0 Å². The first-order valence-electron chi connectivity index (χ1n) is 6.23. The minimum Gasteiger partial charge on any atom is -0.388 e. The van der Waals surface area contributed by atoms with Crippen LogP contribution in [-0.4, -0.2) is 6.54 Å². The van der Waals surface area contributed by atoms with E-state index >= 15 is 0 Å². The molecular weight excluding hydrogens is 208 g/mol. The van der Waals surface area contributed by atoms with Crippen LogP contribution in [0.2, 0.25) is 0 Å². The van der Waals surface area contributed by atoms with Crippen molar-refractivity contribution in [1.82, 2.24) is 5.32 Å². The van der Waals surface area contributed by atoms with Crippen LogP contribution in [-0.2, 0) is 0 Å². The fourth-order valence-electron chi connectivity index (χ4n) is 1.70. The molecule has 1 rings (SSSR count). The maximum atomic E-state index is 8.79. The summed E-state index contributed by atoms with van der Waals surface area (Å²) in [4.78, 5) is 0. The van der Waals surface area contributed by atoms with Crippen molar-refractivity contribution in [3.8, 4) is 6.07 Å². The van der Waals surface area contributed by atoms with Gasteiger partial charge in [-0.3, -0.25) is 0 Å². The van der Waals surface area contributed by atoms with E-state index in [1.807, 2.05) is 24.3 Å². The van der Waals surface area contributed by atoms with Crippen molar-refractivity contribution in [3.05, 3.63) is 35.6 Å². The highest BCUT2D eigenvalue weighted by Crippen LogP contribution is 2.20. The number of allylic oxidation sites excluding steroid dienone is 5. The molecule has 2 nitrogen and oxygen atoms in total. The third-order valence-corrected chi connectivity index (χ3v) is 2.68. The predicted octanol–water partition coefficient (Wildman–Crippen LogP) is 3.70. The van der Waals surface area contributed by atoms with E-state index in [9.17, 15) is 0 Å². The molecule has 1 aliphatic carbocycles. The molecule has 92 valence electrons. The first kappa shape index (κ1) is 13.6. The van der Waals surface area contributed by atoms with Crippen molar-refractivity contribution in [2.24, 2.45) is 5.41 Å². The fourth-order valence-corrected chi connectivity index (χ4v) is 1.70. The number of nitrogens with one attached hydrogen (secondary N) is 1. The molecule has 17 heavy (non-hydrogen) atoms. The Labute approximate surface area is 105 Å². The molecule has 0 atom stereocenters. The lowest BCUT2D eigenvalue weighted by atomic mass is 9.91. The molecule has 0 spiro atoms. The SMILES string of the molecule is CC(C)(C)CCCNC1=CC=C(C#N)C=CC1. The lowest BCUT2D eigenvalue weighted by Crippen LogP contribution is -2.16. The molecule has 0 unspecified atom stereocenters. The van der Waals surface area contributed by atoms with Gasteiger partial charge >= 0.3 is 0 Å². The highest BCUT2D eigenvalue weighted by Gasteiger charge is 2.08. The van der Waals surface area contributed by atoms with Crippen molar-refractivity contribution in [3.63, 3.8) is 0 Å². The van der Waals surface area contributed by atoms with Crippen LogP contribution in [0.5, 0.6) is 0 Å². The Hall–Kier alpha value is -1.49. The van der Waals surface area contributed by atoms with E-state index in [0.29, 0.717) is 5.41 Å². The molecule has 0 aromatic heterocycles. The molecule has 1 aliphatic rings. The van der Waals surface area contributed by atoms with E-state index < -0.39 is 0 Å². The normalized spacial score (nSPS) is 15.6. The van der Waals surface area contributed by atoms with Gasteiger partial charge in [-0.1, -0.05) is 26.8 Å². The topological polar surface area (TPSA) is 35.8 Å². The summed E-state index contributed by atoms with van der Waals surface area (Å²) in [5, 5.41) is 12.2. The van der Waals surface area contributed by atoms with Gasteiger partial charge in [0.15, 0.2) is 0 Å². The zero-order chi connectivity index (χ0) is 12.7. The van der Waals surface area contributed by atoms with Gasteiger partial charge in [-0.2, -0.15) is 5.26 Å².